The van der Waals surface area contributed by atoms with Crippen molar-refractivity contribution >= 4 is 43.9 Å². The third kappa shape index (κ3) is 1.40. The molecular formula is C5H5Br2NO2. The van der Waals surface area contributed by atoms with Crippen molar-refractivity contribution in [1.82, 2.24) is 3.93 Å². The monoisotopic (exact) mass is 269 g/mol. The Balaban J connectivity index is 2.70. The maximum atomic E-state index is 10.9. The Morgan fingerprint density at radius 1 is 1.50 bits per heavy atom. The second kappa shape index (κ2) is 3.00. The molecule has 2 amide bonds. The summed E-state index contributed by atoms with van der Waals surface area (Å²) in [5.41, 5.74) is 0. The molecule has 3 nitrogen and oxygen atoms in total. The third-order valence-corrected chi connectivity index (χ3v) is 2.89. The van der Waals surface area contributed by atoms with E-state index >= 15 is 0 Å². The van der Waals surface area contributed by atoms with Gasteiger partial charge in [-0.15, -0.1) is 0 Å². The van der Waals surface area contributed by atoms with Crippen LogP contribution in [0.2, 0.25) is 0 Å². The van der Waals surface area contributed by atoms with Crippen molar-refractivity contribution in [2.24, 2.45) is 0 Å². The summed E-state index contributed by atoms with van der Waals surface area (Å²) in [6.07, 6.45) is 1.02. The Hall–Kier alpha value is 0.1000. The van der Waals surface area contributed by atoms with Gasteiger partial charge in [0.1, 0.15) is 0 Å². The fraction of sp³-hybridized carbons (Fsp3) is 0.600. The molecule has 0 aromatic rings. The zero-order chi connectivity index (χ0) is 7.72. The largest absolute Gasteiger partial charge is 0.274 e. The normalized spacial score (nSPS) is 27.4. The minimum atomic E-state index is -0.212. The lowest BCUT2D eigenvalue weighted by Gasteiger charge is -2.21. The number of hydrogen-bond acceptors (Lipinski definition) is 2. The van der Waals surface area contributed by atoms with Gasteiger partial charge in [-0.3, -0.25) is 9.59 Å². The van der Waals surface area contributed by atoms with Crippen LogP contribution in [0.1, 0.15) is 12.8 Å². The highest BCUT2D eigenvalue weighted by molar-refractivity contribution is 9.10. The summed E-state index contributed by atoms with van der Waals surface area (Å²) in [5, 5.41) is 0. The van der Waals surface area contributed by atoms with Crippen molar-refractivity contribution in [2.75, 3.05) is 0 Å². The van der Waals surface area contributed by atoms with E-state index in [1.807, 2.05) is 0 Å². The van der Waals surface area contributed by atoms with Gasteiger partial charge in [0.05, 0.1) is 21.0 Å². The number of alkyl halides is 1. The molecule has 1 rings (SSSR count). The van der Waals surface area contributed by atoms with Crippen molar-refractivity contribution in [3.8, 4) is 0 Å². The molecule has 0 bridgehead atoms. The van der Waals surface area contributed by atoms with Crippen LogP contribution >= 0.6 is 32.1 Å². The molecule has 0 aliphatic carbocycles. The molecule has 1 saturated heterocycles. The van der Waals surface area contributed by atoms with Gasteiger partial charge in [0.2, 0.25) is 5.91 Å². The number of amides is 2. The predicted molar refractivity (Wildman–Crippen MR) is 42.7 cm³/mol. The van der Waals surface area contributed by atoms with Gasteiger partial charge in [-0.25, -0.2) is 3.93 Å². The fourth-order valence-corrected chi connectivity index (χ4v) is 1.85. The maximum absolute atomic E-state index is 10.9. The molecule has 0 radical (unpaired) electrons. The highest BCUT2D eigenvalue weighted by Crippen LogP contribution is 2.21. The van der Waals surface area contributed by atoms with Gasteiger partial charge in [-0.05, 0) is 6.42 Å². The first-order valence-corrected chi connectivity index (χ1v) is 4.42. The highest BCUT2D eigenvalue weighted by atomic mass is 79.9. The van der Waals surface area contributed by atoms with E-state index in [1.165, 1.54) is 0 Å². The van der Waals surface area contributed by atoms with Crippen LogP contribution in [0.15, 0.2) is 0 Å². The van der Waals surface area contributed by atoms with E-state index in [0.29, 0.717) is 12.8 Å². The molecule has 0 spiro atoms. The lowest BCUT2D eigenvalue weighted by molar-refractivity contribution is -0.139. The van der Waals surface area contributed by atoms with Crippen LogP contribution in [0.25, 0.3) is 0 Å². The molecule has 0 saturated carbocycles. The quantitative estimate of drug-likeness (QED) is 0.377. The van der Waals surface area contributed by atoms with Gasteiger partial charge in [-0.1, -0.05) is 15.9 Å². The van der Waals surface area contributed by atoms with Crippen LogP contribution < -0.4 is 0 Å². The molecule has 1 aliphatic rings. The summed E-state index contributed by atoms with van der Waals surface area (Å²) in [4.78, 5) is 21.5. The van der Waals surface area contributed by atoms with E-state index in [0.717, 1.165) is 3.93 Å². The summed E-state index contributed by atoms with van der Waals surface area (Å²) in [6.45, 7) is 0. The van der Waals surface area contributed by atoms with Crippen LogP contribution in [-0.2, 0) is 9.59 Å². The Labute approximate surface area is 75.2 Å². The van der Waals surface area contributed by atoms with Crippen LogP contribution in [0.4, 0.5) is 0 Å². The van der Waals surface area contributed by atoms with Gasteiger partial charge >= 0.3 is 0 Å². The van der Waals surface area contributed by atoms with Gasteiger partial charge in [-0.2, -0.15) is 0 Å². The average molecular weight is 271 g/mol. The Morgan fingerprint density at radius 2 is 2.10 bits per heavy atom. The molecule has 1 fully saturated rings. The second-order valence-electron chi connectivity index (χ2n) is 2.02. The zero-order valence-electron chi connectivity index (χ0n) is 5.01. The standard InChI is InChI=1S/C5H5Br2NO2/c6-3-1-2-4(9)8(7)5(3)10/h3H,1-2H2. The third-order valence-electron chi connectivity index (χ3n) is 1.29. The number of imide groups is 1. The van der Waals surface area contributed by atoms with Crippen molar-refractivity contribution in [2.45, 2.75) is 17.7 Å². The molecule has 10 heavy (non-hydrogen) atoms. The Bertz CT molecular complexity index is 182. The molecule has 5 heteroatoms. The van der Waals surface area contributed by atoms with Gasteiger partial charge in [0.25, 0.3) is 5.91 Å². The predicted octanol–water partition coefficient (Wildman–Crippen LogP) is 1.21. The van der Waals surface area contributed by atoms with Crippen molar-refractivity contribution < 1.29 is 9.59 Å². The zero-order valence-corrected chi connectivity index (χ0v) is 8.18. The topological polar surface area (TPSA) is 37.4 Å². The minimum Gasteiger partial charge on any atom is -0.274 e. The molecular weight excluding hydrogens is 266 g/mol. The highest BCUT2D eigenvalue weighted by Gasteiger charge is 2.30. The number of carbonyl (C=O) groups is 2. The first-order valence-electron chi connectivity index (χ1n) is 2.79. The summed E-state index contributed by atoms with van der Waals surface area (Å²) in [6, 6.07) is 0. The number of halogens is 2. The van der Waals surface area contributed by atoms with Crippen LogP contribution in [0.3, 0.4) is 0 Å². The fourth-order valence-electron chi connectivity index (χ4n) is 0.718. The van der Waals surface area contributed by atoms with E-state index in [2.05, 4.69) is 32.1 Å². The summed E-state index contributed by atoms with van der Waals surface area (Å²) in [5.74, 6) is -0.378. The van der Waals surface area contributed by atoms with E-state index < -0.39 is 0 Å². The molecule has 0 N–H and O–H groups in total. The molecule has 0 aromatic carbocycles. The minimum absolute atomic E-state index is 0.166. The van der Waals surface area contributed by atoms with E-state index in [1.54, 1.807) is 0 Å². The first-order chi connectivity index (χ1) is 4.63. The summed E-state index contributed by atoms with van der Waals surface area (Å²) >= 11 is 6.01. The van der Waals surface area contributed by atoms with E-state index in [4.69, 9.17) is 0 Å². The van der Waals surface area contributed by atoms with E-state index in [-0.39, 0.29) is 16.6 Å². The van der Waals surface area contributed by atoms with Crippen molar-refractivity contribution in [3.63, 3.8) is 0 Å². The molecule has 0 aromatic heterocycles. The SMILES string of the molecule is O=C1CCC(Br)C(=O)N1Br. The number of rotatable bonds is 0. The van der Waals surface area contributed by atoms with Crippen LogP contribution in [0, 0.1) is 0 Å². The molecule has 1 unspecified atom stereocenters. The first kappa shape index (κ1) is 8.20. The lowest BCUT2D eigenvalue weighted by Crippen LogP contribution is -2.38. The van der Waals surface area contributed by atoms with Gasteiger partial charge in [0, 0.05) is 6.42 Å². The molecule has 1 heterocycles. The maximum Gasteiger partial charge on any atom is 0.253 e. The van der Waals surface area contributed by atoms with Gasteiger partial charge < -0.3 is 0 Å². The van der Waals surface area contributed by atoms with Crippen molar-refractivity contribution in [3.05, 3.63) is 0 Å². The number of carbonyl (C=O) groups excluding carboxylic acids is 2. The average Bonchev–Trinajstić information content (AvgIpc) is 1.93. The van der Waals surface area contributed by atoms with Gasteiger partial charge in [0.15, 0.2) is 0 Å². The van der Waals surface area contributed by atoms with Crippen LogP contribution in [0.5, 0.6) is 0 Å². The van der Waals surface area contributed by atoms with Crippen molar-refractivity contribution in [1.29, 1.82) is 0 Å². The number of piperidine rings is 1. The summed E-state index contributed by atoms with van der Waals surface area (Å²) < 4.78 is 0.982. The molecule has 56 valence electrons. The number of hydrogen-bond donors (Lipinski definition) is 0. The van der Waals surface area contributed by atoms with E-state index in [9.17, 15) is 9.59 Å². The van der Waals surface area contributed by atoms with Crippen LogP contribution in [-0.4, -0.2) is 20.6 Å². The molecule has 1 atom stereocenters. The summed E-state index contributed by atoms with van der Waals surface area (Å²) in [7, 11) is 0. The second-order valence-corrected chi connectivity index (χ2v) is 3.83. The Morgan fingerprint density at radius 3 is 2.60 bits per heavy atom. The number of nitrogens with zero attached hydrogens (tertiary/aromatic N) is 1. The molecule has 1 aliphatic heterocycles. The Kier molecular flexibility index (Phi) is 2.46. The smallest absolute Gasteiger partial charge is 0.253 e. The lowest BCUT2D eigenvalue weighted by atomic mass is 10.1.